The van der Waals surface area contributed by atoms with Crippen molar-refractivity contribution in [2.45, 2.75) is 0 Å². The average molecular weight is 796 g/mol. The molecule has 0 aliphatic carbocycles. The van der Waals surface area contributed by atoms with Crippen LogP contribution in [0.4, 0.5) is 0 Å². The molecule has 0 saturated heterocycles. The summed E-state index contributed by atoms with van der Waals surface area (Å²) < 4.78 is 70.5. The van der Waals surface area contributed by atoms with E-state index in [-0.39, 0.29) is 57.6 Å². The SMILES string of the molecule is [2H]c1c([2H])c([2H])c2c(c1[2H])c1c([2H])c(-c3ccc4c(c3)c3c(-c5ccccc5)cccc3n4-c3ccccc3-c3ccccc3)c([2H])c([2H])c1n2-c1cc(-c2ccccc2)cc(-c2ccccc2)c1. The molecule has 0 amide bonds. The van der Waals surface area contributed by atoms with Crippen LogP contribution in [0.5, 0.6) is 0 Å². The molecule has 12 aromatic rings. The molecule has 2 aromatic heterocycles. The number of rotatable bonds is 7. The van der Waals surface area contributed by atoms with E-state index in [0.717, 1.165) is 72.0 Å². The molecule has 2 nitrogen and oxygen atoms in total. The zero-order valence-electron chi connectivity index (χ0n) is 40.4. The summed E-state index contributed by atoms with van der Waals surface area (Å²) in [5.74, 6) is 0. The van der Waals surface area contributed by atoms with Crippen LogP contribution in [0.3, 0.4) is 0 Å². The summed E-state index contributed by atoms with van der Waals surface area (Å²) in [6, 6.07) is 65.1. The van der Waals surface area contributed by atoms with Gasteiger partial charge < -0.3 is 9.13 Å². The molecule has 0 aliphatic rings. The molecule has 0 saturated carbocycles. The third-order valence-corrected chi connectivity index (χ3v) is 11.9. The lowest BCUT2D eigenvalue weighted by Crippen LogP contribution is -1.97. The lowest BCUT2D eigenvalue weighted by atomic mass is 9.97. The Morgan fingerprint density at radius 2 is 0.887 bits per heavy atom. The van der Waals surface area contributed by atoms with Crippen molar-refractivity contribution in [1.82, 2.24) is 9.13 Å². The van der Waals surface area contributed by atoms with E-state index in [2.05, 4.69) is 65.2 Å². The van der Waals surface area contributed by atoms with E-state index in [0.29, 0.717) is 11.3 Å². The minimum atomic E-state index is -0.435. The lowest BCUT2D eigenvalue weighted by molar-refractivity contribution is 1.18. The van der Waals surface area contributed by atoms with Crippen molar-refractivity contribution >= 4 is 43.6 Å². The van der Waals surface area contributed by atoms with Gasteiger partial charge in [-0.1, -0.05) is 182 Å². The molecule has 0 spiro atoms. The van der Waals surface area contributed by atoms with E-state index < -0.39 is 12.1 Å². The maximum atomic E-state index is 10.2. The lowest BCUT2D eigenvalue weighted by Gasteiger charge is -2.14. The monoisotopic (exact) mass is 795 g/mol. The Morgan fingerprint density at radius 1 is 0.306 bits per heavy atom. The standard InChI is InChI=1S/C60H40N2/c1-5-18-41(19-6-1)47-36-48(42-20-7-2-8-21-42)38-49(37-47)61-56-30-16-14-27-52(56)53-39-45(32-34-57(53)61)46-33-35-58-54(40-46)60-51(44-24-11-4-12-25-44)28-17-31-59(60)62(58)55-29-15-13-26-50(55)43-22-9-3-10-23-43/h1-40H/i14D,16D,27D,30D,32D,34D,39D. The van der Waals surface area contributed by atoms with Crippen LogP contribution in [-0.2, 0) is 0 Å². The molecular weight excluding hydrogens is 749 g/mol. The molecule has 0 bridgehead atoms. The summed E-state index contributed by atoms with van der Waals surface area (Å²) in [5.41, 5.74) is 12.3. The summed E-state index contributed by atoms with van der Waals surface area (Å²) in [6.45, 7) is 0. The first-order valence-electron chi connectivity index (χ1n) is 24.3. The molecule has 12 rings (SSSR count). The number of hydrogen-bond donors (Lipinski definition) is 0. The van der Waals surface area contributed by atoms with Gasteiger partial charge in [0.1, 0.15) is 0 Å². The summed E-state index contributed by atoms with van der Waals surface area (Å²) in [6.07, 6.45) is 0. The smallest absolute Gasteiger partial charge is 0.0645 e. The molecular formula is C60H40N2. The fourth-order valence-corrected chi connectivity index (χ4v) is 9.13. The first-order valence-corrected chi connectivity index (χ1v) is 20.8. The third-order valence-electron chi connectivity index (χ3n) is 11.9. The number of nitrogens with zero attached hydrogens (tertiary/aromatic N) is 2. The van der Waals surface area contributed by atoms with Crippen LogP contribution in [0.25, 0.3) is 111 Å². The molecule has 0 atom stereocenters. The van der Waals surface area contributed by atoms with Gasteiger partial charge in [0, 0.05) is 32.8 Å². The highest BCUT2D eigenvalue weighted by Gasteiger charge is 2.20. The van der Waals surface area contributed by atoms with Crippen LogP contribution in [-0.4, -0.2) is 9.13 Å². The van der Waals surface area contributed by atoms with Gasteiger partial charge in [-0.15, -0.1) is 0 Å². The van der Waals surface area contributed by atoms with E-state index in [1.54, 1.807) is 4.57 Å². The zero-order chi connectivity index (χ0) is 47.1. The van der Waals surface area contributed by atoms with E-state index in [4.69, 9.17) is 2.74 Å². The predicted molar refractivity (Wildman–Crippen MR) is 262 cm³/mol. The van der Waals surface area contributed by atoms with Gasteiger partial charge in [0.25, 0.3) is 0 Å². The topological polar surface area (TPSA) is 9.86 Å². The Hall–Kier alpha value is -8.20. The van der Waals surface area contributed by atoms with Gasteiger partial charge in [-0.25, -0.2) is 0 Å². The number of hydrogen-bond acceptors (Lipinski definition) is 0. The number of aromatic nitrogens is 2. The number of para-hydroxylation sites is 2. The fourth-order valence-electron chi connectivity index (χ4n) is 9.13. The highest BCUT2D eigenvalue weighted by atomic mass is 15.0. The minimum absolute atomic E-state index is 0.0944. The van der Waals surface area contributed by atoms with Gasteiger partial charge in [-0.05, 0) is 111 Å². The number of fused-ring (bicyclic) bond motifs is 6. The summed E-state index contributed by atoms with van der Waals surface area (Å²) >= 11 is 0. The highest BCUT2D eigenvalue weighted by molar-refractivity contribution is 6.17. The van der Waals surface area contributed by atoms with Crippen LogP contribution in [0, 0.1) is 0 Å². The van der Waals surface area contributed by atoms with Gasteiger partial charge in [-0.2, -0.15) is 0 Å². The minimum Gasteiger partial charge on any atom is -0.309 e. The Labute approximate surface area is 370 Å². The summed E-state index contributed by atoms with van der Waals surface area (Å²) in [4.78, 5) is 0. The molecule has 0 radical (unpaired) electrons. The Morgan fingerprint density at radius 3 is 1.58 bits per heavy atom. The zero-order valence-corrected chi connectivity index (χ0v) is 33.4. The van der Waals surface area contributed by atoms with Crippen molar-refractivity contribution in [2.75, 3.05) is 0 Å². The second kappa shape index (κ2) is 14.8. The first-order chi connectivity index (χ1) is 33.7. The van der Waals surface area contributed by atoms with Gasteiger partial charge in [-0.3, -0.25) is 0 Å². The number of benzene rings is 10. The Kier molecular flexibility index (Phi) is 6.95. The van der Waals surface area contributed by atoms with Crippen LogP contribution in [0.2, 0.25) is 0 Å². The van der Waals surface area contributed by atoms with Crippen molar-refractivity contribution in [3.05, 3.63) is 242 Å². The second-order valence-electron chi connectivity index (χ2n) is 15.5. The van der Waals surface area contributed by atoms with Crippen molar-refractivity contribution < 1.29 is 9.60 Å². The quantitative estimate of drug-likeness (QED) is 0.152. The Bertz CT molecular complexity index is 3960. The van der Waals surface area contributed by atoms with Gasteiger partial charge >= 0.3 is 0 Å². The van der Waals surface area contributed by atoms with Crippen LogP contribution >= 0.6 is 0 Å². The van der Waals surface area contributed by atoms with Gasteiger partial charge in [0.05, 0.1) is 37.3 Å². The molecule has 2 heterocycles. The molecule has 62 heavy (non-hydrogen) atoms. The summed E-state index contributed by atoms with van der Waals surface area (Å²) in [7, 11) is 0. The molecule has 0 unspecified atom stereocenters. The molecule has 10 aromatic carbocycles. The summed E-state index contributed by atoms with van der Waals surface area (Å²) in [5, 5.41) is 2.20. The van der Waals surface area contributed by atoms with E-state index in [1.165, 1.54) is 0 Å². The van der Waals surface area contributed by atoms with E-state index >= 15 is 0 Å². The molecule has 0 aliphatic heterocycles. The fraction of sp³-hybridized carbons (Fsp3) is 0. The molecule has 290 valence electrons. The van der Waals surface area contributed by atoms with Gasteiger partial charge in [0.2, 0.25) is 0 Å². The predicted octanol–water partition coefficient (Wildman–Crippen LogP) is 16.2. The van der Waals surface area contributed by atoms with Crippen molar-refractivity contribution in [1.29, 1.82) is 0 Å². The molecule has 2 heteroatoms. The molecule has 0 fully saturated rings. The van der Waals surface area contributed by atoms with Crippen molar-refractivity contribution in [3.63, 3.8) is 0 Å². The largest absolute Gasteiger partial charge is 0.309 e. The maximum absolute atomic E-state index is 10.2. The Balaban J connectivity index is 1.17. The highest BCUT2D eigenvalue weighted by Crippen LogP contribution is 2.43. The van der Waals surface area contributed by atoms with Crippen LogP contribution < -0.4 is 0 Å². The van der Waals surface area contributed by atoms with E-state index in [9.17, 15) is 6.85 Å². The maximum Gasteiger partial charge on any atom is 0.0645 e. The second-order valence-corrected chi connectivity index (χ2v) is 15.5. The van der Waals surface area contributed by atoms with Crippen LogP contribution in [0.1, 0.15) is 9.60 Å². The normalized spacial score (nSPS) is 13.1. The molecule has 0 N–H and O–H groups in total. The van der Waals surface area contributed by atoms with Gasteiger partial charge in [0.15, 0.2) is 0 Å². The third kappa shape index (κ3) is 5.96. The van der Waals surface area contributed by atoms with Crippen LogP contribution in [0.15, 0.2) is 242 Å². The van der Waals surface area contributed by atoms with Crippen molar-refractivity contribution in [2.24, 2.45) is 0 Å². The average Bonchev–Trinajstić information content (AvgIpc) is 3.94. The van der Waals surface area contributed by atoms with E-state index in [1.807, 2.05) is 140 Å². The first kappa shape index (κ1) is 29.1. The van der Waals surface area contributed by atoms with Crippen molar-refractivity contribution in [3.8, 4) is 67.0 Å².